The third-order valence-corrected chi connectivity index (χ3v) is 4.51. The van der Waals surface area contributed by atoms with Crippen molar-refractivity contribution >= 4 is 39.6 Å². The Bertz CT molecular complexity index is 888. The van der Waals surface area contributed by atoms with Crippen LogP contribution in [0.2, 0.25) is 0 Å². The quantitative estimate of drug-likeness (QED) is 0.271. The van der Waals surface area contributed by atoms with Crippen molar-refractivity contribution in [3.05, 3.63) is 69.3 Å². The van der Waals surface area contributed by atoms with E-state index >= 15 is 0 Å². The number of rotatable bonds is 5. The van der Waals surface area contributed by atoms with Gasteiger partial charge in [0.05, 0.1) is 16.9 Å². The maximum Gasteiger partial charge on any atom is 0.174 e. The number of hydrogen-bond acceptors (Lipinski definition) is 4. The van der Waals surface area contributed by atoms with Gasteiger partial charge in [-0.05, 0) is 51.1 Å². The SMILES string of the molecule is COc1cc(C=NO)cc(I)c1OCc1cccc2ccccc12. The summed E-state index contributed by atoms with van der Waals surface area (Å²) < 4.78 is 12.4. The summed E-state index contributed by atoms with van der Waals surface area (Å²) in [6.07, 6.45) is 1.36. The average molecular weight is 433 g/mol. The topological polar surface area (TPSA) is 51.0 Å². The summed E-state index contributed by atoms with van der Waals surface area (Å²) in [4.78, 5) is 0. The highest BCUT2D eigenvalue weighted by Crippen LogP contribution is 2.34. The number of nitrogens with zero attached hydrogens (tertiary/aromatic N) is 1. The van der Waals surface area contributed by atoms with E-state index in [1.807, 2.05) is 24.3 Å². The van der Waals surface area contributed by atoms with Crippen molar-refractivity contribution in [3.63, 3.8) is 0 Å². The van der Waals surface area contributed by atoms with E-state index in [1.54, 1.807) is 13.2 Å². The van der Waals surface area contributed by atoms with Crippen LogP contribution in [0.3, 0.4) is 0 Å². The molecule has 24 heavy (non-hydrogen) atoms. The lowest BCUT2D eigenvalue weighted by Crippen LogP contribution is -2.01. The van der Waals surface area contributed by atoms with Gasteiger partial charge in [0.15, 0.2) is 11.5 Å². The molecular formula is C19H16INO3. The molecule has 3 aromatic carbocycles. The van der Waals surface area contributed by atoms with Crippen molar-refractivity contribution in [1.29, 1.82) is 0 Å². The zero-order valence-corrected chi connectivity index (χ0v) is 15.2. The molecule has 1 N–H and O–H groups in total. The molecule has 3 rings (SSSR count). The standard InChI is InChI=1S/C19H16INO3/c1-23-18-10-13(11-21-22)9-17(20)19(18)24-12-15-7-4-6-14-5-2-3-8-16(14)15/h2-11,22H,12H2,1H3. The van der Waals surface area contributed by atoms with Crippen LogP contribution in [-0.4, -0.2) is 18.5 Å². The summed E-state index contributed by atoms with van der Waals surface area (Å²) in [5.41, 5.74) is 1.86. The van der Waals surface area contributed by atoms with E-state index in [9.17, 15) is 0 Å². The Morgan fingerprint density at radius 2 is 1.92 bits per heavy atom. The fourth-order valence-electron chi connectivity index (χ4n) is 2.59. The van der Waals surface area contributed by atoms with Crippen molar-refractivity contribution in [2.75, 3.05) is 7.11 Å². The largest absolute Gasteiger partial charge is 0.493 e. The molecule has 5 heteroatoms. The molecular weight excluding hydrogens is 417 g/mol. The molecule has 0 aliphatic heterocycles. The third-order valence-electron chi connectivity index (χ3n) is 3.71. The lowest BCUT2D eigenvalue weighted by molar-refractivity contribution is 0.283. The molecule has 0 heterocycles. The highest BCUT2D eigenvalue weighted by molar-refractivity contribution is 14.1. The Labute approximate surface area is 153 Å². The molecule has 122 valence electrons. The summed E-state index contributed by atoms with van der Waals surface area (Å²) in [6.45, 7) is 0.446. The molecule has 0 saturated heterocycles. The van der Waals surface area contributed by atoms with Gasteiger partial charge in [-0.1, -0.05) is 47.6 Å². The normalized spacial score (nSPS) is 11.1. The Hall–Kier alpha value is -2.28. The van der Waals surface area contributed by atoms with Crippen molar-refractivity contribution in [2.24, 2.45) is 5.16 Å². The van der Waals surface area contributed by atoms with Gasteiger partial charge in [-0.3, -0.25) is 0 Å². The van der Waals surface area contributed by atoms with Crippen molar-refractivity contribution < 1.29 is 14.7 Å². The zero-order chi connectivity index (χ0) is 16.9. The smallest absolute Gasteiger partial charge is 0.174 e. The van der Waals surface area contributed by atoms with Crippen LogP contribution in [0, 0.1) is 3.57 Å². The molecule has 3 aromatic rings. The molecule has 0 atom stereocenters. The molecule has 0 saturated carbocycles. The highest BCUT2D eigenvalue weighted by Gasteiger charge is 2.12. The number of hydrogen-bond donors (Lipinski definition) is 1. The minimum atomic E-state index is 0.446. The van der Waals surface area contributed by atoms with Crippen LogP contribution < -0.4 is 9.47 Å². The second kappa shape index (κ2) is 7.53. The number of oxime groups is 1. The molecule has 0 spiro atoms. The lowest BCUT2D eigenvalue weighted by Gasteiger charge is -2.14. The minimum Gasteiger partial charge on any atom is -0.493 e. The van der Waals surface area contributed by atoms with Crippen LogP contribution in [0.4, 0.5) is 0 Å². The molecule has 0 aromatic heterocycles. The second-order valence-electron chi connectivity index (χ2n) is 5.21. The van der Waals surface area contributed by atoms with E-state index in [4.69, 9.17) is 14.7 Å². The number of halogens is 1. The van der Waals surface area contributed by atoms with Crippen molar-refractivity contribution in [1.82, 2.24) is 0 Å². The molecule has 0 radical (unpaired) electrons. The van der Waals surface area contributed by atoms with Gasteiger partial charge in [0.1, 0.15) is 6.61 Å². The summed E-state index contributed by atoms with van der Waals surface area (Å²) in [6, 6.07) is 18.1. The Morgan fingerprint density at radius 3 is 2.71 bits per heavy atom. The van der Waals surface area contributed by atoms with Crippen LogP contribution in [0.15, 0.2) is 59.8 Å². The van der Waals surface area contributed by atoms with Crippen LogP contribution in [-0.2, 0) is 6.61 Å². The van der Waals surface area contributed by atoms with Crippen molar-refractivity contribution in [2.45, 2.75) is 6.61 Å². The molecule has 0 fully saturated rings. The average Bonchev–Trinajstić information content (AvgIpc) is 2.60. The van der Waals surface area contributed by atoms with Gasteiger partial charge in [0.25, 0.3) is 0 Å². The molecule has 0 amide bonds. The first kappa shape index (κ1) is 16.6. The lowest BCUT2D eigenvalue weighted by atomic mass is 10.1. The van der Waals surface area contributed by atoms with Gasteiger partial charge < -0.3 is 14.7 Å². The van der Waals surface area contributed by atoms with Gasteiger partial charge in [0.2, 0.25) is 0 Å². The van der Waals surface area contributed by atoms with E-state index in [0.29, 0.717) is 18.1 Å². The van der Waals surface area contributed by atoms with E-state index < -0.39 is 0 Å². The first-order valence-corrected chi connectivity index (χ1v) is 8.45. The summed E-state index contributed by atoms with van der Waals surface area (Å²) >= 11 is 2.19. The van der Waals surface area contributed by atoms with Crippen LogP contribution in [0.25, 0.3) is 10.8 Å². The predicted octanol–water partition coefficient (Wildman–Crippen LogP) is 4.84. The summed E-state index contributed by atoms with van der Waals surface area (Å²) in [7, 11) is 1.59. The predicted molar refractivity (Wildman–Crippen MR) is 103 cm³/mol. The van der Waals surface area contributed by atoms with Gasteiger partial charge in [-0.15, -0.1) is 0 Å². The minimum absolute atomic E-state index is 0.446. The van der Waals surface area contributed by atoms with Gasteiger partial charge in [-0.25, -0.2) is 0 Å². The van der Waals surface area contributed by atoms with Gasteiger partial charge in [-0.2, -0.15) is 0 Å². The molecule has 0 unspecified atom stereocenters. The Balaban J connectivity index is 1.91. The highest BCUT2D eigenvalue weighted by atomic mass is 127. The van der Waals surface area contributed by atoms with E-state index in [0.717, 1.165) is 14.7 Å². The third kappa shape index (κ3) is 3.46. The summed E-state index contributed by atoms with van der Waals surface area (Å²) in [5, 5.41) is 14.1. The Kier molecular flexibility index (Phi) is 5.20. The number of methoxy groups -OCH3 is 1. The number of benzene rings is 3. The molecule has 0 aliphatic rings. The summed E-state index contributed by atoms with van der Waals surface area (Å²) in [5.74, 6) is 1.29. The molecule has 0 aliphatic carbocycles. The van der Waals surface area contributed by atoms with Crippen molar-refractivity contribution in [3.8, 4) is 11.5 Å². The first-order valence-electron chi connectivity index (χ1n) is 7.37. The van der Waals surface area contributed by atoms with Crippen LogP contribution in [0.5, 0.6) is 11.5 Å². The maximum atomic E-state index is 8.69. The van der Waals surface area contributed by atoms with E-state index in [-0.39, 0.29) is 0 Å². The van der Waals surface area contributed by atoms with Crippen LogP contribution in [0.1, 0.15) is 11.1 Å². The second-order valence-corrected chi connectivity index (χ2v) is 6.37. The van der Waals surface area contributed by atoms with Gasteiger partial charge in [0, 0.05) is 5.56 Å². The van der Waals surface area contributed by atoms with Gasteiger partial charge >= 0.3 is 0 Å². The fourth-order valence-corrected chi connectivity index (χ4v) is 3.37. The van der Waals surface area contributed by atoms with Crippen LogP contribution >= 0.6 is 22.6 Å². The molecule has 0 bridgehead atoms. The Morgan fingerprint density at radius 1 is 1.12 bits per heavy atom. The van der Waals surface area contributed by atoms with E-state index in [2.05, 4.69) is 52.0 Å². The fraction of sp³-hybridized carbons (Fsp3) is 0.105. The molecule has 4 nitrogen and oxygen atoms in total. The zero-order valence-electron chi connectivity index (χ0n) is 13.1. The number of ether oxygens (including phenoxy) is 2. The monoisotopic (exact) mass is 433 g/mol. The number of fused-ring (bicyclic) bond motifs is 1. The maximum absolute atomic E-state index is 8.69. The first-order chi connectivity index (χ1) is 11.7. The van der Waals surface area contributed by atoms with E-state index in [1.165, 1.54) is 17.0 Å².